The standard InChI is InChI=1S/C16H14N4OS/c21-15-13-8-12(6-7-14(13)18-10-19-15)20-16(22)17-9-11-4-2-1-3-5-11/h1-8,10H,9H2,(H2,17,20,22)(H,18,19,21). The number of benzene rings is 2. The molecule has 0 aliphatic carbocycles. The van der Waals surface area contributed by atoms with Gasteiger partial charge >= 0.3 is 0 Å². The van der Waals surface area contributed by atoms with E-state index in [0.717, 1.165) is 11.3 Å². The Morgan fingerprint density at radius 1 is 1.18 bits per heavy atom. The predicted molar refractivity (Wildman–Crippen MR) is 91.9 cm³/mol. The molecule has 3 aromatic rings. The van der Waals surface area contributed by atoms with E-state index in [1.807, 2.05) is 36.4 Å². The summed E-state index contributed by atoms with van der Waals surface area (Å²) in [6.07, 6.45) is 1.39. The lowest BCUT2D eigenvalue weighted by molar-refractivity contribution is 0.926. The third-order valence-corrected chi connectivity index (χ3v) is 3.44. The van der Waals surface area contributed by atoms with Gasteiger partial charge in [-0.15, -0.1) is 0 Å². The Balaban J connectivity index is 1.69. The number of hydrogen-bond donors (Lipinski definition) is 3. The molecule has 0 amide bonds. The van der Waals surface area contributed by atoms with Gasteiger partial charge in [-0.3, -0.25) is 4.79 Å². The number of aromatic amines is 1. The van der Waals surface area contributed by atoms with E-state index in [-0.39, 0.29) is 5.56 Å². The Labute approximate surface area is 132 Å². The average molecular weight is 310 g/mol. The van der Waals surface area contributed by atoms with Crippen molar-refractivity contribution in [2.24, 2.45) is 0 Å². The first kappa shape index (κ1) is 14.2. The van der Waals surface area contributed by atoms with Crippen LogP contribution < -0.4 is 16.2 Å². The Kier molecular flexibility index (Phi) is 4.11. The van der Waals surface area contributed by atoms with Gasteiger partial charge in [-0.2, -0.15) is 0 Å². The van der Waals surface area contributed by atoms with Crippen LogP contribution in [0.5, 0.6) is 0 Å². The van der Waals surface area contributed by atoms with Crippen molar-refractivity contribution in [3.05, 3.63) is 70.8 Å². The van der Waals surface area contributed by atoms with Gasteiger partial charge in [0.1, 0.15) is 0 Å². The molecule has 0 spiro atoms. The fourth-order valence-corrected chi connectivity index (χ4v) is 2.29. The van der Waals surface area contributed by atoms with Crippen LogP contribution in [0.3, 0.4) is 0 Å². The average Bonchev–Trinajstić information content (AvgIpc) is 2.55. The first-order chi connectivity index (χ1) is 10.7. The fraction of sp³-hybridized carbons (Fsp3) is 0.0625. The lowest BCUT2D eigenvalue weighted by Crippen LogP contribution is -2.27. The van der Waals surface area contributed by atoms with E-state index in [1.165, 1.54) is 6.33 Å². The molecule has 0 fully saturated rings. The number of anilines is 1. The Morgan fingerprint density at radius 2 is 2.00 bits per heavy atom. The van der Waals surface area contributed by atoms with Crippen LogP contribution in [0.4, 0.5) is 5.69 Å². The number of nitrogens with zero attached hydrogens (tertiary/aromatic N) is 1. The third kappa shape index (κ3) is 3.29. The highest BCUT2D eigenvalue weighted by Gasteiger charge is 2.03. The van der Waals surface area contributed by atoms with Crippen molar-refractivity contribution in [3.8, 4) is 0 Å². The fourth-order valence-electron chi connectivity index (χ4n) is 2.10. The second kappa shape index (κ2) is 6.36. The van der Waals surface area contributed by atoms with E-state index < -0.39 is 0 Å². The SMILES string of the molecule is O=c1[nH]cnc2ccc(NC(=S)NCc3ccccc3)cc12. The monoisotopic (exact) mass is 310 g/mol. The molecule has 0 aliphatic rings. The van der Waals surface area contributed by atoms with Crippen LogP contribution in [0, 0.1) is 0 Å². The molecule has 0 bridgehead atoms. The second-order valence-corrected chi connectivity index (χ2v) is 5.17. The van der Waals surface area contributed by atoms with Crippen molar-refractivity contribution in [3.63, 3.8) is 0 Å². The lowest BCUT2D eigenvalue weighted by Gasteiger charge is -2.11. The molecule has 0 saturated carbocycles. The lowest BCUT2D eigenvalue weighted by atomic mass is 10.2. The zero-order valence-electron chi connectivity index (χ0n) is 11.7. The van der Waals surface area contributed by atoms with Crippen LogP contribution in [0.25, 0.3) is 10.9 Å². The summed E-state index contributed by atoms with van der Waals surface area (Å²) in [7, 11) is 0. The van der Waals surface area contributed by atoms with E-state index in [1.54, 1.807) is 12.1 Å². The van der Waals surface area contributed by atoms with Crippen LogP contribution >= 0.6 is 12.2 Å². The maximum atomic E-state index is 11.8. The van der Waals surface area contributed by atoms with E-state index in [0.29, 0.717) is 22.6 Å². The van der Waals surface area contributed by atoms with Gasteiger partial charge in [0.25, 0.3) is 5.56 Å². The van der Waals surface area contributed by atoms with Gasteiger partial charge in [0.05, 0.1) is 17.2 Å². The van der Waals surface area contributed by atoms with Crippen molar-refractivity contribution in [1.29, 1.82) is 0 Å². The summed E-state index contributed by atoms with van der Waals surface area (Å²) in [5.74, 6) is 0. The molecule has 0 aliphatic heterocycles. The molecule has 1 aromatic heterocycles. The Bertz CT molecular complexity index is 861. The summed E-state index contributed by atoms with van der Waals surface area (Å²) in [5, 5.41) is 7.23. The highest BCUT2D eigenvalue weighted by atomic mass is 32.1. The summed E-state index contributed by atoms with van der Waals surface area (Å²) >= 11 is 5.27. The van der Waals surface area contributed by atoms with E-state index in [4.69, 9.17) is 12.2 Å². The summed E-state index contributed by atoms with van der Waals surface area (Å²) < 4.78 is 0. The van der Waals surface area contributed by atoms with Gasteiger partial charge in [-0.1, -0.05) is 30.3 Å². The van der Waals surface area contributed by atoms with Gasteiger partial charge in [0.2, 0.25) is 0 Å². The van der Waals surface area contributed by atoms with E-state index in [2.05, 4.69) is 20.6 Å². The molecule has 1 heterocycles. The minimum absolute atomic E-state index is 0.170. The van der Waals surface area contributed by atoms with Crippen molar-refractivity contribution in [1.82, 2.24) is 15.3 Å². The second-order valence-electron chi connectivity index (χ2n) is 4.76. The number of thiocarbonyl (C=S) groups is 1. The number of rotatable bonds is 3. The maximum Gasteiger partial charge on any atom is 0.258 e. The summed E-state index contributed by atoms with van der Waals surface area (Å²) in [5.41, 5.74) is 2.37. The molecule has 0 saturated heterocycles. The smallest absolute Gasteiger partial charge is 0.258 e. The summed E-state index contributed by atoms with van der Waals surface area (Å²) in [6.45, 7) is 0.641. The van der Waals surface area contributed by atoms with Crippen molar-refractivity contribution in [2.75, 3.05) is 5.32 Å². The Hall–Kier alpha value is -2.73. The minimum Gasteiger partial charge on any atom is -0.358 e. The number of H-pyrrole nitrogens is 1. The van der Waals surface area contributed by atoms with Gasteiger partial charge in [-0.25, -0.2) is 4.98 Å². The predicted octanol–water partition coefficient (Wildman–Crippen LogP) is 2.41. The van der Waals surface area contributed by atoms with Gasteiger partial charge in [0, 0.05) is 12.2 Å². The van der Waals surface area contributed by atoms with E-state index >= 15 is 0 Å². The molecule has 0 atom stereocenters. The van der Waals surface area contributed by atoms with Gasteiger partial charge in [0.15, 0.2) is 5.11 Å². The van der Waals surface area contributed by atoms with Crippen LogP contribution in [0.15, 0.2) is 59.7 Å². The first-order valence-corrected chi connectivity index (χ1v) is 7.19. The number of aromatic nitrogens is 2. The van der Waals surface area contributed by atoms with Gasteiger partial charge in [-0.05, 0) is 36.0 Å². The topological polar surface area (TPSA) is 69.8 Å². The molecular weight excluding hydrogens is 296 g/mol. The molecule has 6 heteroatoms. The molecule has 5 nitrogen and oxygen atoms in total. The largest absolute Gasteiger partial charge is 0.358 e. The van der Waals surface area contributed by atoms with Crippen LogP contribution in [0.1, 0.15) is 5.56 Å². The highest BCUT2D eigenvalue weighted by molar-refractivity contribution is 7.80. The molecule has 22 heavy (non-hydrogen) atoms. The number of nitrogens with one attached hydrogen (secondary N) is 3. The Morgan fingerprint density at radius 3 is 2.82 bits per heavy atom. The summed E-state index contributed by atoms with van der Waals surface area (Å²) in [4.78, 5) is 18.4. The molecule has 0 radical (unpaired) electrons. The zero-order valence-corrected chi connectivity index (χ0v) is 12.5. The highest BCUT2D eigenvalue weighted by Crippen LogP contribution is 2.13. The molecule has 3 rings (SSSR count). The molecule has 0 unspecified atom stereocenters. The zero-order chi connectivity index (χ0) is 15.4. The third-order valence-electron chi connectivity index (χ3n) is 3.19. The van der Waals surface area contributed by atoms with Crippen molar-refractivity contribution in [2.45, 2.75) is 6.54 Å². The van der Waals surface area contributed by atoms with Crippen molar-refractivity contribution < 1.29 is 0 Å². The van der Waals surface area contributed by atoms with E-state index in [9.17, 15) is 4.79 Å². The number of fused-ring (bicyclic) bond motifs is 1. The normalized spacial score (nSPS) is 10.4. The molecule has 3 N–H and O–H groups in total. The maximum absolute atomic E-state index is 11.8. The van der Waals surface area contributed by atoms with Crippen LogP contribution in [-0.2, 0) is 6.54 Å². The quantitative estimate of drug-likeness (QED) is 0.648. The van der Waals surface area contributed by atoms with Crippen LogP contribution in [0.2, 0.25) is 0 Å². The summed E-state index contributed by atoms with van der Waals surface area (Å²) in [6, 6.07) is 15.3. The number of hydrogen-bond acceptors (Lipinski definition) is 3. The molecule has 110 valence electrons. The van der Waals surface area contributed by atoms with Crippen molar-refractivity contribution >= 4 is 33.9 Å². The minimum atomic E-state index is -0.170. The molecule has 2 aromatic carbocycles. The van der Waals surface area contributed by atoms with Crippen LogP contribution in [-0.4, -0.2) is 15.1 Å². The first-order valence-electron chi connectivity index (χ1n) is 6.78. The van der Waals surface area contributed by atoms with Gasteiger partial charge < -0.3 is 15.6 Å². The molecular formula is C16H14N4OS.